The van der Waals surface area contributed by atoms with E-state index in [2.05, 4.69) is 12.1 Å². The van der Waals surface area contributed by atoms with Gasteiger partial charge in [-0.05, 0) is 50.2 Å². The molecule has 3 rings (SSSR count). The number of ether oxygens (including phenoxy) is 1. The summed E-state index contributed by atoms with van der Waals surface area (Å²) in [5.74, 6) is 1.22. The van der Waals surface area contributed by atoms with Crippen molar-refractivity contribution in [3.63, 3.8) is 0 Å². The normalized spacial score (nSPS) is 26.9. The highest BCUT2D eigenvalue weighted by molar-refractivity contribution is 7.99. The van der Waals surface area contributed by atoms with Gasteiger partial charge in [-0.1, -0.05) is 18.2 Å². The molecule has 2 aliphatic rings. The highest BCUT2D eigenvalue weighted by atomic mass is 32.2. The molecule has 19 heavy (non-hydrogen) atoms. The van der Waals surface area contributed by atoms with Crippen molar-refractivity contribution in [2.24, 2.45) is 5.92 Å². The van der Waals surface area contributed by atoms with Gasteiger partial charge in [-0.25, -0.2) is 0 Å². The van der Waals surface area contributed by atoms with E-state index < -0.39 is 0 Å². The van der Waals surface area contributed by atoms with Crippen LogP contribution in [-0.4, -0.2) is 29.2 Å². The molecule has 104 valence electrons. The molecule has 0 aromatic heterocycles. The minimum atomic E-state index is -0.202. The van der Waals surface area contributed by atoms with Gasteiger partial charge in [0.25, 0.3) is 0 Å². The second-order valence-corrected chi connectivity index (χ2v) is 6.92. The van der Waals surface area contributed by atoms with Crippen molar-refractivity contribution >= 4 is 11.8 Å². The van der Waals surface area contributed by atoms with E-state index in [4.69, 9.17) is 4.74 Å². The fourth-order valence-electron chi connectivity index (χ4n) is 3.15. The summed E-state index contributed by atoms with van der Waals surface area (Å²) in [5.41, 5.74) is 0.140. The monoisotopic (exact) mass is 278 g/mol. The fourth-order valence-corrected chi connectivity index (χ4v) is 4.13. The van der Waals surface area contributed by atoms with Gasteiger partial charge in [0.15, 0.2) is 0 Å². The Morgan fingerprint density at radius 2 is 2.11 bits per heavy atom. The van der Waals surface area contributed by atoms with Gasteiger partial charge in [0.05, 0.1) is 11.7 Å². The van der Waals surface area contributed by atoms with Crippen molar-refractivity contribution in [1.82, 2.24) is 0 Å². The molecule has 1 aromatic carbocycles. The van der Waals surface area contributed by atoms with Crippen molar-refractivity contribution in [3.05, 3.63) is 30.3 Å². The highest BCUT2D eigenvalue weighted by Crippen LogP contribution is 2.45. The van der Waals surface area contributed by atoms with Crippen LogP contribution in [0, 0.1) is 5.92 Å². The molecule has 2 fully saturated rings. The van der Waals surface area contributed by atoms with E-state index in [0.717, 1.165) is 25.2 Å². The Hall–Kier alpha value is -0.510. The number of hydrogen-bond acceptors (Lipinski definition) is 3. The van der Waals surface area contributed by atoms with Gasteiger partial charge in [0.2, 0.25) is 0 Å². The lowest BCUT2D eigenvalue weighted by atomic mass is 9.71. The van der Waals surface area contributed by atoms with Crippen molar-refractivity contribution in [2.45, 2.75) is 48.7 Å². The van der Waals surface area contributed by atoms with Crippen molar-refractivity contribution in [1.29, 1.82) is 0 Å². The van der Waals surface area contributed by atoms with Crippen LogP contribution in [0.1, 0.15) is 32.1 Å². The van der Waals surface area contributed by atoms with Gasteiger partial charge in [-0.3, -0.25) is 0 Å². The third kappa shape index (κ3) is 3.15. The van der Waals surface area contributed by atoms with E-state index >= 15 is 0 Å². The van der Waals surface area contributed by atoms with Crippen molar-refractivity contribution in [2.75, 3.05) is 12.4 Å². The summed E-state index contributed by atoms with van der Waals surface area (Å²) in [7, 11) is 0. The third-order valence-corrected chi connectivity index (χ3v) is 5.62. The number of aliphatic hydroxyl groups excluding tert-OH is 1. The van der Waals surface area contributed by atoms with E-state index in [1.54, 1.807) is 11.8 Å². The SMILES string of the molecule is OC(CSc1ccccc1)C1CCOC2(CCC2)C1. The molecule has 0 bridgehead atoms. The fraction of sp³-hybridized carbons (Fsp3) is 0.625. The van der Waals surface area contributed by atoms with E-state index in [1.807, 2.05) is 18.2 Å². The summed E-state index contributed by atoms with van der Waals surface area (Å²) < 4.78 is 5.93. The summed E-state index contributed by atoms with van der Waals surface area (Å²) in [6, 6.07) is 10.3. The molecule has 2 atom stereocenters. The van der Waals surface area contributed by atoms with Gasteiger partial charge in [-0.15, -0.1) is 11.8 Å². The van der Waals surface area contributed by atoms with Crippen LogP contribution in [0.5, 0.6) is 0 Å². The predicted octanol–water partition coefficient (Wildman–Crippen LogP) is 3.49. The maximum absolute atomic E-state index is 10.4. The molecule has 1 saturated heterocycles. The summed E-state index contributed by atoms with van der Waals surface area (Å²) in [5, 5.41) is 10.4. The highest BCUT2D eigenvalue weighted by Gasteiger charge is 2.43. The number of thioether (sulfide) groups is 1. The van der Waals surface area contributed by atoms with Crippen LogP contribution in [0.3, 0.4) is 0 Å². The maximum atomic E-state index is 10.4. The van der Waals surface area contributed by atoms with Crippen molar-refractivity contribution in [3.8, 4) is 0 Å². The lowest BCUT2D eigenvalue weighted by molar-refractivity contribution is -0.154. The molecule has 1 saturated carbocycles. The summed E-state index contributed by atoms with van der Waals surface area (Å²) in [4.78, 5) is 1.24. The Kier molecular flexibility index (Phi) is 4.15. The number of benzene rings is 1. The molecule has 2 nitrogen and oxygen atoms in total. The standard InChI is InChI=1S/C16H22O2S/c17-15(12-19-14-5-2-1-3-6-14)13-7-10-18-16(11-13)8-4-9-16/h1-3,5-6,13,15,17H,4,7-12H2. The van der Waals surface area contributed by atoms with Crippen LogP contribution >= 0.6 is 11.8 Å². The molecule has 0 amide bonds. The summed E-state index contributed by atoms with van der Waals surface area (Å²) in [6.45, 7) is 0.831. The Balaban J connectivity index is 1.51. The van der Waals surface area contributed by atoms with E-state index in [0.29, 0.717) is 5.92 Å². The smallest absolute Gasteiger partial charge is 0.0686 e. The summed E-state index contributed by atoms with van der Waals surface area (Å²) >= 11 is 1.76. The zero-order valence-electron chi connectivity index (χ0n) is 11.3. The Labute approximate surface area is 119 Å². The van der Waals surface area contributed by atoms with Crippen molar-refractivity contribution < 1.29 is 9.84 Å². The molecule has 1 N–H and O–H groups in total. The van der Waals surface area contributed by atoms with Crippen LogP contribution < -0.4 is 0 Å². The lowest BCUT2D eigenvalue weighted by Crippen LogP contribution is -2.48. The van der Waals surface area contributed by atoms with Crippen LogP contribution in [0.15, 0.2) is 35.2 Å². The van der Waals surface area contributed by atoms with Gasteiger partial charge < -0.3 is 9.84 Å². The Morgan fingerprint density at radius 3 is 2.79 bits per heavy atom. The van der Waals surface area contributed by atoms with Crippen LogP contribution in [-0.2, 0) is 4.74 Å². The van der Waals surface area contributed by atoms with Crippen LogP contribution in [0.2, 0.25) is 0 Å². The molecule has 1 aliphatic carbocycles. The minimum Gasteiger partial charge on any atom is -0.392 e. The van der Waals surface area contributed by atoms with Gasteiger partial charge in [0.1, 0.15) is 0 Å². The molecule has 1 aromatic rings. The molecule has 2 unspecified atom stereocenters. The number of hydrogen-bond donors (Lipinski definition) is 1. The van der Waals surface area contributed by atoms with Crippen LogP contribution in [0.4, 0.5) is 0 Å². The van der Waals surface area contributed by atoms with Gasteiger partial charge in [-0.2, -0.15) is 0 Å². The molecule has 0 radical (unpaired) electrons. The second kappa shape index (κ2) is 5.86. The van der Waals surface area contributed by atoms with Gasteiger partial charge >= 0.3 is 0 Å². The quantitative estimate of drug-likeness (QED) is 0.855. The zero-order chi connectivity index (χ0) is 13.1. The first-order valence-electron chi connectivity index (χ1n) is 7.27. The first-order chi connectivity index (χ1) is 9.27. The van der Waals surface area contributed by atoms with E-state index in [1.165, 1.54) is 24.2 Å². The predicted molar refractivity (Wildman–Crippen MR) is 78.4 cm³/mol. The van der Waals surface area contributed by atoms with E-state index in [9.17, 15) is 5.11 Å². The molecule has 1 heterocycles. The molecule has 3 heteroatoms. The Bertz CT molecular complexity index is 402. The summed E-state index contributed by atoms with van der Waals surface area (Å²) in [6.07, 6.45) is 5.56. The lowest BCUT2D eigenvalue weighted by Gasteiger charge is -2.48. The zero-order valence-corrected chi connectivity index (χ0v) is 12.1. The Morgan fingerprint density at radius 1 is 1.32 bits per heavy atom. The first kappa shape index (κ1) is 13.5. The molecule has 1 aliphatic heterocycles. The largest absolute Gasteiger partial charge is 0.392 e. The third-order valence-electron chi connectivity index (χ3n) is 4.50. The minimum absolute atomic E-state index is 0.140. The maximum Gasteiger partial charge on any atom is 0.0686 e. The van der Waals surface area contributed by atoms with Gasteiger partial charge in [0, 0.05) is 17.3 Å². The topological polar surface area (TPSA) is 29.5 Å². The van der Waals surface area contributed by atoms with Crippen LogP contribution in [0.25, 0.3) is 0 Å². The average molecular weight is 278 g/mol. The molecular formula is C16H22O2S. The first-order valence-corrected chi connectivity index (χ1v) is 8.26. The van der Waals surface area contributed by atoms with E-state index in [-0.39, 0.29) is 11.7 Å². The second-order valence-electron chi connectivity index (χ2n) is 5.83. The molecular weight excluding hydrogens is 256 g/mol. The number of rotatable bonds is 4. The molecule has 1 spiro atoms. The average Bonchev–Trinajstić information content (AvgIpc) is 2.44. The number of aliphatic hydroxyl groups is 1.